The Bertz CT molecular complexity index is 339. The SMILES string of the molecule is CC=CC(=O)N(C)Cc1ccoc1C. The number of likely N-dealkylation sites (N-methyl/N-ethyl adjacent to an activating group) is 1. The van der Waals surface area contributed by atoms with E-state index in [0.29, 0.717) is 6.54 Å². The number of carbonyl (C=O) groups is 1. The van der Waals surface area contributed by atoms with Crippen LogP contribution in [0.2, 0.25) is 0 Å². The van der Waals surface area contributed by atoms with Crippen LogP contribution in [0, 0.1) is 6.92 Å². The highest BCUT2D eigenvalue weighted by Crippen LogP contribution is 2.10. The van der Waals surface area contributed by atoms with E-state index in [0.717, 1.165) is 11.3 Å². The van der Waals surface area contributed by atoms with Gasteiger partial charge in [0.2, 0.25) is 5.91 Å². The molecule has 0 saturated heterocycles. The van der Waals surface area contributed by atoms with Crippen LogP contribution in [-0.2, 0) is 11.3 Å². The van der Waals surface area contributed by atoms with E-state index >= 15 is 0 Å². The van der Waals surface area contributed by atoms with Crippen molar-refractivity contribution in [3.63, 3.8) is 0 Å². The largest absolute Gasteiger partial charge is 0.469 e. The highest BCUT2D eigenvalue weighted by Gasteiger charge is 2.08. The molecule has 1 aromatic rings. The topological polar surface area (TPSA) is 33.5 Å². The molecule has 0 radical (unpaired) electrons. The van der Waals surface area contributed by atoms with Gasteiger partial charge in [-0.2, -0.15) is 0 Å². The molecular formula is C11H15NO2. The Morgan fingerprint density at radius 1 is 1.64 bits per heavy atom. The Morgan fingerprint density at radius 3 is 2.86 bits per heavy atom. The second-order valence-electron chi connectivity index (χ2n) is 3.20. The molecule has 0 aliphatic rings. The molecule has 3 heteroatoms. The number of hydrogen-bond donors (Lipinski definition) is 0. The van der Waals surface area contributed by atoms with Crippen LogP contribution in [-0.4, -0.2) is 17.9 Å². The van der Waals surface area contributed by atoms with Crippen molar-refractivity contribution < 1.29 is 9.21 Å². The number of hydrogen-bond acceptors (Lipinski definition) is 2. The molecule has 1 aromatic heterocycles. The molecule has 1 amide bonds. The lowest BCUT2D eigenvalue weighted by Gasteiger charge is -2.14. The molecule has 3 nitrogen and oxygen atoms in total. The highest BCUT2D eigenvalue weighted by atomic mass is 16.3. The fourth-order valence-electron chi connectivity index (χ4n) is 1.18. The van der Waals surface area contributed by atoms with Gasteiger partial charge in [-0.05, 0) is 26.0 Å². The van der Waals surface area contributed by atoms with Crippen molar-refractivity contribution >= 4 is 5.91 Å². The van der Waals surface area contributed by atoms with Gasteiger partial charge in [0.1, 0.15) is 5.76 Å². The average molecular weight is 193 g/mol. The highest BCUT2D eigenvalue weighted by molar-refractivity contribution is 5.87. The Labute approximate surface area is 84.0 Å². The lowest BCUT2D eigenvalue weighted by atomic mass is 10.2. The molecule has 1 heterocycles. The Kier molecular flexibility index (Phi) is 3.51. The van der Waals surface area contributed by atoms with Crippen molar-refractivity contribution in [2.24, 2.45) is 0 Å². The zero-order chi connectivity index (χ0) is 10.6. The van der Waals surface area contributed by atoms with E-state index in [9.17, 15) is 4.79 Å². The van der Waals surface area contributed by atoms with Gasteiger partial charge in [0.25, 0.3) is 0 Å². The molecule has 0 saturated carbocycles. The molecule has 0 spiro atoms. The summed E-state index contributed by atoms with van der Waals surface area (Å²) >= 11 is 0. The first-order valence-corrected chi connectivity index (χ1v) is 4.56. The lowest BCUT2D eigenvalue weighted by Crippen LogP contribution is -2.24. The fourth-order valence-corrected chi connectivity index (χ4v) is 1.18. The van der Waals surface area contributed by atoms with Crippen LogP contribution < -0.4 is 0 Å². The number of carbonyl (C=O) groups excluding carboxylic acids is 1. The van der Waals surface area contributed by atoms with Gasteiger partial charge in [-0.1, -0.05) is 6.08 Å². The maximum absolute atomic E-state index is 11.4. The van der Waals surface area contributed by atoms with Gasteiger partial charge in [0.05, 0.1) is 6.26 Å². The summed E-state index contributed by atoms with van der Waals surface area (Å²) in [4.78, 5) is 13.0. The summed E-state index contributed by atoms with van der Waals surface area (Å²) in [5.41, 5.74) is 1.05. The second-order valence-corrected chi connectivity index (χ2v) is 3.20. The fraction of sp³-hybridized carbons (Fsp3) is 0.364. The molecule has 0 bridgehead atoms. The van der Waals surface area contributed by atoms with Crippen molar-refractivity contribution in [1.29, 1.82) is 0 Å². The Morgan fingerprint density at radius 2 is 2.36 bits per heavy atom. The minimum atomic E-state index is 0.00750. The second kappa shape index (κ2) is 4.65. The van der Waals surface area contributed by atoms with Gasteiger partial charge >= 0.3 is 0 Å². The molecule has 0 aliphatic carbocycles. The number of nitrogens with zero attached hydrogens (tertiary/aromatic N) is 1. The summed E-state index contributed by atoms with van der Waals surface area (Å²) in [6, 6.07) is 1.88. The minimum Gasteiger partial charge on any atom is -0.469 e. The van der Waals surface area contributed by atoms with E-state index in [-0.39, 0.29) is 5.91 Å². The molecule has 76 valence electrons. The van der Waals surface area contributed by atoms with E-state index in [1.54, 1.807) is 30.4 Å². The van der Waals surface area contributed by atoms with Crippen LogP contribution in [0.3, 0.4) is 0 Å². The third kappa shape index (κ3) is 2.49. The van der Waals surface area contributed by atoms with Crippen LogP contribution in [0.4, 0.5) is 0 Å². The van der Waals surface area contributed by atoms with Crippen LogP contribution in [0.15, 0.2) is 28.9 Å². The summed E-state index contributed by atoms with van der Waals surface area (Å²) in [6.45, 7) is 4.31. The quantitative estimate of drug-likeness (QED) is 0.689. The monoisotopic (exact) mass is 193 g/mol. The zero-order valence-corrected chi connectivity index (χ0v) is 8.78. The first-order valence-electron chi connectivity index (χ1n) is 4.56. The number of aryl methyl sites for hydroxylation is 1. The van der Waals surface area contributed by atoms with E-state index in [1.807, 2.05) is 19.9 Å². The van der Waals surface area contributed by atoms with Crippen LogP contribution >= 0.6 is 0 Å². The van der Waals surface area contributed by atoms with Crippen LogP contribution in [0.25, 0.3) is 0 Å². The van der Waals surface area contributed by atoms with Crippen molar-refractivity contribution in [2.75, 3.05) is 7.05 Å². The molecule has 1 rings (SSSR count). The summed E-state index contributed by atoms with van der Waals surface area (Å²) < 4.78 is 5.15. The third-order valence-corrected chi connectivity index (χ3v) is 2.06. The Hall–Kier alpha value is -1.51. The summed E-state index contributed by atoms with van der Waals surface area (Å²) in [7, 11) is 1.77. The van der Waals surface area contributed by atoms with Gasteiger partial charge in [-0.3, -0.25) is 4.79 Å². The van der Waals surface area contributed by atoms with Crippen LogP contribution in [0.5, 0.6) is 0 Å². The number of allylic oxidation sites excluding steroid dienone is 1. The van der Waals surface area contributed by atoms with E-state index in [1.165, 1.54) is 0 Å². The molecule has 0 atom stereocenters. The number of amides is 1. The van der Waals surface area contributed by atoms with Crippen molar-refractivity contribution in [3.05, 3.63) is 35.8 Å². The first kappa shape index (κ1) is 10.6. The van der Waals surface area contributed by atoms with Crippen molar-refractivity contribution in [3.8, 4) is 0 Å². The molecule has 14 heavy (non-hydrogen) atoms. The van der Waals surface area contributed by atoms with Gasteiger partial charge in [0.15, 0.2) is 0 Å². The molecular weight excluding hydrogens is 178 g/mol. The normalized spacial score (nSPS) is 10.8. The molecule has 0 unspecified atom stereocenters. The molecule has 0 fully saturated rings. The van der Waals surface area contributed by atoms with E-state index in [2.05, 4.69) is 0 Å². The number of furan rings is 1. The maximum atomic E-state index is 11.4. The molecule has 0 aromatic carbocycles. The van der Waals surface area contributed by atoms with Crippen LogP contribution in [0.1, 0.15) is 18.2 Å². The van der Waals surface area contributed by atoms with Gasteiger partial charge in [0, 0.05) is 19.2 Å². The van der Waals surface area contributed by atoms with E-state index < -0.39 is 0 Å². The predicted molar refractivity (Wildman–Crippen MR) is 54.7 cm³/mol. The summed E-state index contributed by atoms with van der Waals surface area (Å²) in [6.07, 6.45) is 4.93. The Balaban J connectivity index is 2.61. The maximum Gasteiger partial charge on any atom is 0.246 e. The molecule has 0 N–H and O–H groups in total. The van der Waals surface area contributed by atoms with Crippen molar-refractivity contribution in [1.82, 2.24) is 4.90 Å². The first-order chi connectivity index (χ1) is 6.65. The van der Waals surface area contributed by atoms with E-state index in [4.69, 9.17) is 4.42 Å². The smallest absolute Gasteiger partial charge is 0.246 e. The van der Waals surface area contributed by atoms with Gasteiger partial charge in [-0.15, -0.1) is 0 Å². The predicted octanol–water partition coefficient (Wildman–Crippen LogP) is 2.12. The molecule has 0 aliphatic heterocycles. The van der Waals surface area contributed by atoms with Gasteiger partial charge < -0.3 is 9.32 Å². The van der Waals surface area contributed by atoms with Gasteiger partial charge in [-0.25, -0.2) is 0 Å². The zero-order valence-electron chi connectivity index (χ0n) is 8.78. The van der Waals surface area contributed by atoms with Crippen molar-refractivity contribution in [2.45, 2.75) is 20.4 Å². The summed E-state index contributed by atoms with van der Waals surface area (Å²) in [5, 5.41) is 0. The lowest BCUT2D eigenvalue weighted by molar-refractivity contribution is -0.125. The minimum absolute atomic E-state index is 0.00750. The number of rotatable bonds is 3. The standard InChI is InChI=1S/C11H15NO2/c1-4-5-11(13)12(3)8-10-6-7-14-9(10)2/h4-7H,8H2,1-3H3. The summed E-state index contributed by atoms with van der Waals surface area (Å²) in [5.74, 6) is 0.873. The average Bonchev–Trinajstić information content (AvgIpc) is 2.52. The third-order valence-electron chi connectivity index (χ3n) is 2.06.